The van der Waals surface area contributed by atoms with Gasteiger partial charge in [0.25, 0.3) is 0 Å². The molecule has 1 nitrogen and oxygen atoms in total. The molecule has 0 bridgehead atoms. The zero-order valence-corrected chi connectivity index (χ0v) is 9.97. The van der Waals surface area contributed by atoms with Crippen molar-refractivity contribution in [3.05, 3.63) is 0 Å². The van der Waals surface area contributed by atoms with E-state index in [0.29, 0.717) is 0 Å². The summed E-state index contributed by atoms with van der Waals surface area (Å²) in [7, 11) is 0. The van der Waals surface area contributed by atoms with Crippen molar-refractivity contribution in [1.29, 1.82) is 0 Å². The van der Waals surface area contributed by atoms with E-state index in [-0.39, 0.29) is 10.0 Å². The molecule has 0 amide bonds. The third kappa shape index (κ3) is 4.82. The molecule has 2 unspecified atom stereocenters. The highest BCUT2D eigenvalue weighted by molar-refractivity contribution is 14.1. The maximum atomic E-state index is 11.9. The van der Waals surface area contributed by atoms with Gasteiger partial charge in [-0.05, 0) is 12.8 Å². The Morgan fingerprint density at radius 2 is 1.79 bits per heavy atom. The molecular weight excluding hydrogens is 308 g/mol. The molecule has 14 heavy (non-hydrogen) atoms. The van der Waals surface area contributed by atoms with Crippen LogP contribution in [0.5, 0.6) is 0 Å². The molecule has 0 spiro atoms. The van der Waals surface area contributed by atoms with Crippen molar-refractivity contribution in [1.82, 2.24) is 0 Å². The van der Waals surface area contributed by atoms with E-state index in [4.69, 9.17) is 4.74 Å². The topological polar surface area (TPSA) is 9.23 Å². The molecule has 0 aromatic carbocycles. The molecule has 5 heteroatoms. The lowest BCUT2D eigenvalue weighted by Gasteiger charge is -2.21. The van der Waals surface area contributed by atoms with Gasteiger partial charge in [-0.25, -0.2) is 0 Å². The number of rotatable bonds is 2. The molecule has 0 heterocycles. The summed E-state index contributed by atoms with van der Waals surface area (Å²) in [6, 6.07) is 0. The zero-order chi connectivity index (χ0) is 10.6. The first kappa shape index (κ1) is 12.5. The second-order valence-electron chi connectivity index (χ2n) is 3.62. The highest BCUT2D eigenvalue weighted by Crippen LogP contribution is 2.27. The molecule has 1 aliphatic rings. The fourth-order valence-electron chi connectivity index (χ4n) is 1.62. The first-order valence-corrected chi connectivity index (χ1v) is 6.06. The van der Waals surface area contributed by atoms with Gasteiger partial charge in [0.05, 0.1) is 6.10 Å². The fourth-order valence-corrected chi connectivity index (χ4v) is 2.63. The van der Waals surface area contributed by atoms with Crippen LogP contribution < -0.4 is 0 Å². The van der Waals surface area contributed by atoms with Gasteiger partial charge in [0, 0.05) is 3.92 Å². The van der Waals surface area contributed by atoms with E-state index in [1.165, 1.54) is 0 Å². The number of alkyl halides is 4. The van der Waals surface area contributed by atoms with Crippen LogP contribution in [0.3, 0.4) is 0 Å². The van der Waals surface area contributed by atoms with Crippen LogP contribution in [0.2, 0.25) is 0 Å². The van der Waals surface area contributed by atoms with Crippen LogP contribution in [0, 0.1) is 0 Å². The van der Waals surface area contributed by atoms with Crippen LogP contribution in [0.1, 0.15) is 32.1 Å². The lowest BCUT2D eigenvalue weighted by molar-refractivity contribution is -0.185. The van der Waals surface area contributed by atoms with E-state index in [1.807, 2.05) is 0 Å². The van der Waals surface area contributed by atoms with Crippen molar-refractivity contribution in [2.75, 3.05) is 6.61 Å². The largest absolute Gasteiger partial charge is 0.411 e. The minimum atomic E-state index is -4.19. The van der Waals surface area contributed by atoms with Gasteiger partial charge in [0.2, 0.25) is 0 Å². The number of hydrogen-bond acceptors (Lipinski definition) is 1. The molecular formula is C9H14F3IO. The van der Waals surface area contributed by atoms with Crippen molar-refractivity contribution in [2.24, 2.45) is 0 Å². The summed E-state index contributed by atoms with van der Waals surface area (Å²) in [6.45, 7) is -1.10. The molecule has 0 aromatic rings. The van der Waals surface area contributed by atoms with E-state index in [9.17, 15) is 13.2 Å². The smallest absolute Gasteiger partial charge is 0.368 e. The molecule has 2 atom stereocenters. The molecule has 0 N–H and O–H groups in total. The molecule has 1 rings (SSSR count). The zero-order valence-electron chi connectivity index (χ0n) is 7.82. The van der Waals surface area contributed by atoms with Crippen LogP contribution in [-0.4, -0.2) is 22.8 Å². The van der Waals surface area contributed by atoms with Crippen LogP contribution >= 0.6 is 22.6 Å². The molecule has 0 aromatic heterocycles. The third-order valence-corrected chi connectivity index (χ3v) is 3.76. The van der Waals surface area contributed by atoms with Crippen molar-refractivity contribution in [3.63, 3.8) is 0 Å². The summed E-state index contributed by atoms with van der Waals surface area (Å²) >= 11 is 2.20. The minimum absolute atomic E-state index is 0.209. The SMILES string of the molecule is FC(F)(F)COC1CCCCCC1I. The van der Waals surface area contributed by atoms with Gasteiger partial charge in [0.15, 0.2) is 0 Å². The Morgan fingerprint density at radius 3 is 2.43 bits per heavy atom. The Morgan fingerprint density at radius 1 is 1.14 bits per heavy atom. The molecule has 1 aliphatic carbocycles. The summed E-state index contributed by atoms with van der Waals surface area (Å²) in [4.78, 5) is 0. The predicted octanol–water partition coefficient (Wildman–Crippen LogP) is 3.70. The molecule has 0 saturated heterocycles. The molecule has 1 fully saturated rings. The highest BCUT2D eigenvalue weighted by Gasteiger charge is 2.31. The summed E-state index contributed by atoms with van der Waals surface area (Å²) in [5.41, 5.74) is 0. The molecule has 84 valence electrons. The quantitative estimate of drug-likeness (QED) is 0.428. The normalized spacial score (nSPS) is 30.0. The monoisotopic (exact) mass is 322 g/mol. The van der Waals surface area contributed by atoms with Crippen LogP contribution in [0.25, 0.3) is 0 Å². The predicted molar refractivity (Wildman–Crippen MR) is 56.7 cm³/mol. The van der Waals surface area contributed by atoms with E-state index in [2.05, 4.69) is 22.6 Å². The average Bonchev–Trinajstić information content (AvgIpc) is 2.25. The summed E-state index contributed by atoms with van der Waals surface area (Å²) in [5, 5.41) is 0. The second kappa shape index (κ2) is 5.53. The second-order valence-corrected chi connectivity index (χ2v) is 5.22. The third-order valence-electron chi connectivity index (χ3n) is 2.33. The summed E-state index contributed by atoms with van der Waals surface area (Å²) in [5.74, 6) is 0. The lowest BCUT2D eigenvalue weighted by Crippen LogP contribution is -2.28. The average molecular weight is 322 g/mol. The van der Waals surface area contributed by atoms with Crippen molar-refractivity contribution in [2.45, 2.75) is 48.3 Å². The van der Waals surface area contributed by atoms with Crippen LogP contribution in [0.15, 0.2) is 0 Å². The molecule has 0 aliphatic heterocycles. The van der Waals surface area contributed by atoms with Gasteiger partial charge >= 0.3 is 6.18 Å². The maximum Gasteiger partial charge on any atom is 0.411 e. The number of ether oxygens (including phenoxy) is 1. The van der Waals surface area contributed by atoms with Gasteiger partial charge in [-0.15, -0.1) is 0 Å². The Balaban J connectivity index is 2.33. The van der Waals surface area contributed by atoms with Crippen LogP contribution in [-0.2, 0) is 4.74 Å². The minimum Gasteiger partial charge on any atom is -0.368 e. The molecule has 1 saturated carbocycles. The van der Waals surface area contributed by atoms with E-state index < -0.39 is 12.8 Å². The van der Waals surface area contributed by atoms with Crippen molar-refractivity contribution >= 4 is 22.6 Å². The first-order chi connectivity index (χ1) is 6.49. The summed E-state index contributed by atoms with van der Waals surface area (Å²) < 4.78 is 40.9. The van der Waals surface area contributed by atoms with Crippen molar-refractivity contribution in [3.8, 4) is 0 Å². The fraction of sp³-hybridized carbons (Fsp3) is 1.00. The van der Waals surface area contributed by atoms with Gasteiger partial charge in [-0.2, -0.15) is 13.2 Å². The van der Waals surface area contributed by atoms with E-state index in [1.54, 1.807) is 0 Å². The highest BCUT2D eigenvalue weighted by atomic mass is 127. The number of halogens is 4. The van der Waals surface area contributed by atoms with E-state index in [0.717, 1.165) is 32.1 Å². The standard InChI is InChI=1S/C9H14F3IO/c10-9(11,12)6-14-8-5-3-1-2-4-7(8)13/h7-8H,1-6H2. The number of hydrogen-bond donors (Lipinski definition) is 0. The van der Waals surface area contributed by atoms with Gasteiger partial charge in [-0.1, -0.05) is 41.9 Å². The first-order valence-electron chi connectivity index (χ1n) is 4.81. The Labute approximate surface area is 95.5 Å². The maximum absolute atomic E-state index is 11.9. The van der Waals surface area contributed by atoms with Gasteiger partial charge in [-0.3, -0.25) is 0 Å². The lowest BCUT2D eigenvalue weighted by atomic mass is 10.1. The van der Waals surface area contributed by atoms with Gasteiger partial charge < -0.3 is 4.74 Å². The van der Waals surface area contributed by atoms with Crippen molar-refractivity contribution < 1.29 is 17.9 Å². The summed E-state index contributed by atoms with van der Waals surface area (Å²) in [6.07, 6.45) is 0.558. The Bertz CT molecular complexity index is 172. The molecule has 0 radical (unpaired) electrons. The van der Waals surface area contributed by atoms with Crippen LogP contribution in [0.4, 0.5) is 13.2 Å². The van der Waals surface area contributed by atoms with E-state index >= 15 is 0 Å². The van der Waals surface area contributed by atoms with Gasteiger partial charge in [0.1, 0.15) is 6.61 Å². The Hall–Kier alpha value is 0.480. The Kier molecular flexibility index (Phi) is 4.96.